The summed E-state index contributed by atoms with van der Waals surface area (Å²) in [6.45, 7) is 0. The molecule has 1 aromatic heterocycles. The predicted octanol–water partition coefficient (Wildman–Crippen LogP) is 3.97. The van der Waals surface area contributed by atoms with Gasteiger partial charge in [0.1, 0.15) is 5.69 Å². The summed E-state index contributed by atoms with van der Waals surface area (Å²) in [5.74, 6) is -0.839. The predicted molar refractivity (Wildman–Crippen MR) is 74.3 cm³/mol. The fourth-order valence-electron chi connectivity index (χ4n) is 3.02. The second-order valence-corrected chi connectivity index (χ2v) is 5.08. The number of rotatable bonds is 3. The van der Waals surface area contributed by atoms with Crippen LogP contribution in [0.1, 0.15) is 42.2 Å². The molecule has 19 heavy (non-hydrogen) atoms. The molecule has 3 nitrogen and oxygen atoms in total. The van der Waals surface area contributed by atoms with E-state index in [1.807, 2.05) is 41.0 Å². The van der Waals surface area contributed by atoms with Crippen LogP contribution >= 0.6 is 0 Å². The number of hydrogen-bond donors (Lipinski definition) is 1. The lowest BCUT2D eigenvalue weighted by atomic mass is 10.1. The zero-order valence-electron chi connectivity index (χ0n) is 10.7. The van der Waals surface area contributed by atoms with Crippen molar-refractivity contribution in [3.63, 3.8) is 0 Å². The molecule has 1 heterocycles. The molecule has 1 aromatic carbocycles. The fraction of sp³-hybridized carbons (Fsp3) is 0.312. The van der Waals surface area contributed by atoms with Crippen molar-refractivity contribution >= 4 is 5.97 Å². The van der Waals surface area contributed by atoms with Crippen LogP contribution in [0.3, 0.4) is 0 Å². The zero-order valence-corrected chi connectivity index (χ0v) is 10.7. The summed E-state index contributed by atoms with van der Waals surface area (Å²) in [4.78, 5) is 11.4. The van der Waals surface area contributed by atoms with Crippen LogP contribution in [0.5, 0.6) is 0 Å². The number of nitrogens with zero attached hydrogens (tertiary/aromatic N) is 1. The van der Waals surface area contributed by atoms with E-state index in [-0.39, 0.29) is 0 Å². The van der Waals surface area contributed by atoms with Gasteiger partial charge in [-0.2, -0.15) is 0 Å². The van der Waals surface area contributed by atoms with Gasteiger partial charge in [0, 0.05) is 11.7 Å². The maximum atomic E-state index is 11.4. The Bertz CT molecular complexity index is 580. The Hall–Kier alpha value is -2.03. The molecule has 0 radical (unpaired) electrons. The molecular weight excluding hydrogens is 238 g/mol. The molecule has 0 aliphatic heterocycles. The van der Waals surface area contributed by atoms with E-state index in [0.29, 0.717) is 11.7 Å². The monoisotopic (exact) mass is 255 g/mol. The lowest BCUT2D eigenvalue weighted by Crippen LogP contribution is -2.13. The van der Waals surface area contributed by atoms with Crippen LogP contribution < -0.4 is 0 Å². The van der Waals surface area contributed by atoms with Crippen molar-refractivity contribution in [3.05, 3.63) is 48.2 Å². The molecule has 0 spiro atoms. The molecular formula is C16H17NO2. The molecule has 0 amide bonds. The minimum Gasteiger partial charge on any atom is -0.477 e. The van der Waals surface area contributed by atoms with E-state index in [1.54, 1.807) is 6.07 Å². The highest BCUT2D eigenvalue weighted by Crippen LogP contribution is 2.35. The Morgan fingerprint density at radius 2 is 1.74 bits per heavy atom. The lowest BCUT2D eigenvalue weighted by Gasteiger charge is -2.18. The molecule has 3 heteroatoms. The Kier molecular flexibility index (Phi) is 3.11. The molecule has 3 rings (SSSR count). The second-order valence-electron chi connectivity index (χ2n) is 5.08. The smallest absolute Gasteiger partial charge is 0.352 e. The van der Waals surface area contributed by atoms with Gasteiger partial charge in [-0.15, -0.1) is 0 Å². The summed E-state index contributed by atoms with van der Waals surface area (Å²) in [6, 6.07) is 14.0. The van der Waals surface area contributed by atoms with Gasteiger partial charge >= 0.3 is 5.97 Å². The van der Waals surface area contributed by atoms with Gasteiger partial charge in [-0.3, -0.25) is 0 Å². The largest absolute Gasteiger partial charge is 0.477 e. The van der Waals surface area contributed by atoms with E-state index in [1.165, 1.54) is 12.8 Å². The molecule has 1 N–H and O–H groups in total. The van der Waals surface area contributed by atoms with Crippen molar-refractivity contribution in [1.29, 1.82) is 0 Å². The molecule has 1 fully saturated rings. The summed E-state index contributed by atoms with van der Waals surface area (Å²) in [7, 11) is 0. The molecule has 0 bridgehead atoms. The van der Waals surface area contributed by atoms with Crippen molar-refractivity contribution in [1.82, 2.24) is 4.57 Å². The van der Waals surface area contributed by atoms with Crippen molar-refractivity contribution in [2.24, 2.45) is 0 Å². The molecule has 2 aromatic rings. The topological polar surface area (TPSA) is 42.2 Å². The van der Waals surface area contributed by atoms with Crippen molar-refractivity contribution in [2.45, 2.75) is 31.7 Å². The summed E-state index contributed by atoms with van der Waals surface area (Å²) in [5, 5.41) is 9.37. The standard InChI is InChI=1S/C16H17NO2/c18-16(19)15-11-10-14(12-6-2-1-3-7-12)17(15)13-8-4-5-9-13/h1-3,6-7,10-11,13H,4-5,8-9H2,(H,18,19). The molecule has 1 aliphatic rings. The third kappa shape index (κ3) is 2.16. The average molecular weight is 255 g/mol. The fourth-order valence-corrected chi connectivity index (χ4v) is 3.02. The first-order valence-corrected chi connectivity index (χ1v) is 6.77. The van der Waals surface area contributed by atoms with Gasteiger partial charge in [-0.05, 0) is 30.5 Å². The normalized spacial score (nSPS) is 15.8. The van der Waals surface area contributed by atoms with E-state index >= 15 is 0 Å². The van der Waals surface area contributed by atoms with Gasteiger partial charge < -0.3 is 9.67 Å². The van der Waals surface area contributed by atoms with Crippen LogP contribution in [-0.4, -0.2) is 15.6 Å². The van der Waals surface area contributed by atoms with Crippen LogP contribution in [0.25, 0.3) is 11.3 Å². The van der Waals surface area contributed by atoms with E-state index < -0.39 is 5.97 Å². The average Bonchev–Trinajstić information content (AvgIpc) is 3.08. The van der Waals surface area contributed by atoms with Gasteiger partial charge in [-0.1, -0.05) is 43.2 Å². The van der Waals surface area contributed by atoms with Crippen molar-refractivity contribution in [2.75, 3.05) is 0 Å². The van der Waals surface area contributed by atoms with Gasteiger partial charge in [0.15, 0.2) is 0 Å². The van der Waals surface area contributed by atoms with Crippen LogP contribution in [0.15, 0.2) is 42.5 Å². The molecule has 0 saturated heterocycles. The maximum absolute atomic E-state index is 11.4. The summed E-state index contributed by atoms with van der Waals surface area (Å²) < 4.78 is 2.02. The van der Waals surface area contributed by atoms with Crippen LogP contribution in [0, 0.1) is 0 Å². The Morgan fingerprint density at radius 1 is 1.05 bits per heavy atom. The Balaban J connectivity index is 2.12. The minimum absolute atomic E-state index is 0.330. The molecule has 98 valence electrons. The highest BCUT2D eigenvalue weighted by Gasteiger charge is 2.24. The highest BCUT2D eigenvalue weighted by molar-refractivity contribution is 5.87. The van der Waals surface area contributed by atoms with E-state index in [2.05, 4.69) is 0 Å². The Morgan fingerprint density at radius 3 is 2.37 bits per heavy atom. The third-order valence-electron chi connectivity index (χ3n) is 3.90. The number of carboxylic acids is 1. The number of carboxylic acid groups (broad SMARTS) is 1. The number of benzene rings is 1. The van der Waals surface area contributed by atoms with Crippen molar-refractivity contribution < 1.29 is 9.90 Å². The quantitative estimate of drug-likeness (QED) is 0.901. The van der Waals surface area contributed by atoms with Gasteiger partial charge in [0.25, 0.3) is 0 Å². The first-order chi connectivity index (χ1) is 9.27. The van der Waals surface area contributed by atoms with Crippen LogP contribution in [-0.2, 0) is 0 Å². The van der Waals surface area contributed by atoms with Crippen LogP contribution in [0.4, 0.5) is 0 Å². The van der Waals surface area contributed by atoms with Gasteiger partial charge in [0.2, 0.25) is 0 Å². The summed E-state index contributed by atoms with van der Waals surface area (Å²) in [6.07, 6.45) is 4.54. The SMILES string of the molecule is O=C(O)c1ccc(-c2ccccc2)n1C1CCCC1. The van der Waals surface area contributed by atoms with Gasteiger partial charge in [-0.25, -0.2) is 4.79 Å². The number of aromatic nitrogens is 1. The number of aromatic carboxylic acids is 1. The molecule has 0 atom stereocenters. The van der Waals surface area contributed by atoms with Crippen LogP contribution in [0.2, 0.25) is 0 Å². The summed E-state index contributed by atoms with van der Waals surface area (Å²) in [5.41, 5.74) is 2.51. The first-order valence-electron chi connectivity index (χ1n) is 6.77. The second kappa shape index (κ2) is 4.92. The Labute approximate surface area is 112 Å². The van der Waals surface area contributed by atoms with Gasteiger partial charge in [0.05, 0.1) is 0 Å². The maximum Gasteiger partial charge on any atom is 0.352 e. The number of hydrogen-bond acceptors (Lipinski definition) is 1. The van der Waals surface area contributed by atoms with E-state index in [4.69, 9.17) is 0 Å². The lowest BCUT2D eigenvalue weighted by molar-refractivity contribution is 0.0683. The minimum atomic E-state index is -0.839. The van der Waals surface area contributed by atoms with Crippen molar-refractivity contribution in [3.8, 4) is 11.3 Å². The molecule has 0 unspecified atom stereocenters. The first kappa shape index (κ1) is 12.0. The molecule has 1 aliphatic carbocycles. The summed E-state index contributed by atoms with van der Waals surface area (Å²) >= 11 is 0. The number of carbonyl (C=O) groups is 1. The van der Waals surface area contributed by atoms with E-state index in [9.17, 15) is 9.90 Å². The molecule has 1 saturated carbocycles. The third-order valence-corrected chi connectivity index (χ3v) is 3.90. The van der Waals surface area contributed by atoms with E-state index in [0.717, 1.165) is 24.1 Å². The zero-order chi connectivity index (χ0) is 13.2. The highest BCUT2D eigenvalue weighted by atomic mass is 16.4.